The number of benzene rings is 2. The van der Waals surface area contributed by atoms with Crippen LogP contribution in [0.15, 0.2) is 41.3 Å². The third kappa shape index (κ3) is 5.52. The standard InChI is InChI=1S/C21H22N4O5.ClH.2H2O/c1-11-5-6-13-14(7-11)15(19(26)24-21(22)23)10-25(20(13)27)12-8-16(28-2)18(30-4)17(9-12)29-3;;;/h5-10H,1-4H3,(H4,22,23,24,26);1H;2*1H2. The van der Waals surface area contributed by atoms with Crippen LogP contribution in [0.3, 0.4) is 0 Å². The van der Waals surface area contributed by atoms with Crippen molar-refractivity contribution in [2.75, 3.05) is 21.3 Å². The van der Waals surface area contributed by atoms with E-state index in [2.05, 4.69) is 5.32 Å². The van der Waals surface area contributed by atoms with Gasteiger partial charge in [0.2, 0.25) is 5.75 Å². The highest BCUT2D eigenvalue weighted by atomic mass is 35.5. The Labute approximate surface area is 195 Å². The lowest BCUT2D eigenvalue weighted by molar-refractivity contribution is 0.0977. The average molecular weight is 483 g/mol. The maximum Gasteiger partial charge on any atom is 0.263 e. The summed E-state index contributed by atoms with van der Waals surface area (Å²) >= 11 is 0. The second-order valence-corrected chi connectivity index (χ2v) is 6.52. The molecule has 12 heteroatoms. The summed E-state index contributed by atoms with van der Waals surface area (Å²) in [6, 6.07) is 8.40. The lowest BCUT2D eigenvalue weighted by atomic mass is 10.0. The molecule has 0 aliphatic heterocycles. The second kappa shape index (κ2) is 11.7. The first-order chi connectivity index (χ1) is 14.3. The maximum atomic E-state index is 13.2. The predicted molar refractivity (Wildman–Crippen MR) is 128 cm³/mol. The molecular formula is C21H27ClN4O7. The number of carbonyl (C=O) groups excluding carboxylic acids is 1. The molecule has 11 nitrogen and oxygen atoms in total. The Balaban J connectivity index is 0.00000341. The van der Waals surface area contributed by atoms with Crippen LogP contribution < -0.4 is 30.8 Å². The largest absolute Gasteiger partial charge is 0.493 e. The zero-order valence-electron chi connectivity index (χ0n) is 18.4. The van der Waals surface area contributed by atoms with E-state index in [1.165, 1.54) is 32.1 Å². The number of amides is 1. The summed E-state index contributed by atoms with van der Waals surface area (Å²) in [5.74, 6) is 0.00312. The quantitative estimate of drug-likeness (QED) is 0.354. The number of nitrogens with two attached hydrogens (primary N) is 1. The Morgan fingerprint density at radius 3 is 2.06 bits per heavy atom. The summed E-state index contributed by atoms with van der Waals surface area (Å²) in [6.07, 6.45) is 1.41. The highest BCUT2D eigenvalue weighted by Crippen LogP contribution is 2.39. The number of nitrogens with one attached hydrogen (secondary N) is 2. The van der Waals surface area contributed by atoms with Crippen molar-refractivity contribution in [3.8, 4) is 22.9 Å². The Bertz CT molecular complexity index is 1200. The Morgan fingerprint density at radius 1 is 1.00 bits per heavy atom. The normalized spacial score (nSPS) is 9.58. The highest BCUT2D eigenvalue weighted by Gasteiger charge is 2.19. The van der Waals surface area contributed by atoms with E-state index in [0.717, 1.165) is 5.56 Å². The van der Waals surface area contributed by atoms with Crippen molar-refractivity contribution >= 4 is 35.0 Å². The van der Waals surface area contributed by atoms with Crippen LogP contribution in [0.1, 0.15) is 15.9 Å². The van der Waals surface area contributed by atoms with E-state index < -0.39 is 11.9 Å². The lowest BCUT2D eigenvalue weighted by Crippen LogP contribution is -2.36. The fraction of sp³-hybridized carbons (Fsp3) is 0.190. The predicted octanol–water partition coefficient (Wildman–Crippen LogP) is 0.721. The topological polar surface area (TPSA) is 192 Å². The number of fused-ring (bicyclic) bond motifs is 1. The first kappa shape index (κ1) is 29.2. The molecule has 0 saturated heterocycles. The van der Waals surface area contributed by atoms with Crippen molar-refractivity contribution in [2.45, 2.75) is 6.92 Å². The van der Waals surface area contributed by atoms with Gasteiger partial charge in [0.1, 0.15) is 0 Å². The van der Waals surface area contributed by atoms with Crippen molar-refractivity contribution in [1.29, 1.82) is 5.41 Å². The third-order valence-corrected chi connectivity index (χ3v) is 4.59. The van der Waals surface area contributed by atoms with Crippen LogP contribution >= 0.6 is 12.4 Å². The minimum absolute atomic E-state index is 0. The van der Waals surface area contributed by atoms with Crippen LogP contribution in [0, 0.1) is 12.3 Å². The summed E-state index contributed by atoms with van der Waals surface area (Å²) in [5.41, 5.74) is 6.47. The van der Waals surface area contributed by atoms with E-state index in [4.69, 9.17) is 25.4 Å². The van der Waals surface area contributed by atoms with Gasteiger partial charge in [-0.25, -0.2) is 0 Å². The molecule has 3 aromatic rings. The van der Waals surface area contributed by atoms with Crippen LogP contribution in [-0.2, 0) is 0 Å². The molecule has 1 aromatic heterocycles. The van der Waals surface area contributed by atoms with Crippen molar-refractivity contribution < 1.29 is 30.0 Å². The van der Waals surface area contributed by atoms with E-state index >= 15 is 0 Å². The molecular weight excluding hydrogens is 456 g/mol. The molecule has 8 N–H and O–H groups in total. The molecule has 2 aromatic carbocycles. The molecule has 3 rings (SSSR count). The number of guanidine groups is 1. The summed E-state index contributed by atoms with van der Waals surface area (Å²) in [6.45, 7) is 1.86. The zero-order valence-corrected chi connectivity index (χ0v) is 19.3. The van der Waals surface area contributed by atoms with E-state index in [1.807, 2.05) is 6.92 Å². The van der Waals surface area contributed by atoms with Gasteiger partial charge in [-0.1, -0.05) is 17.7 Å². The monoisotopic (exact) mass is 482 g/mol. The molecule has 0 unspecified atom stereocenters. The van der Waals surface area contributed by atoms with Crippen molar-refractivity contribution in [1.82, 2.24) is 9.88 Å². The number of halogens is 1. The third-order valence-electron chi connectivity index (χ3n) is 4.59. The number of hydrogen-bond donors (Lipinski definition) is 3. The maximum absolute atomic E-state index is 13.2. The van der Waals surface area contributed by atoms with Gasteiger partial charge in [0.25, 0.3) is 11.5 Å². The van der Waals surface area contributed by atoms with Crippen LogP contribution in [0.5, 0.6) is 17.2 Å². The molecule has 180 valence electrons. The SMILES string of the molecule is COc1cc(-n2cc(C(=O)NC(=N)N)c3cc(C)ccc3c2=O)cc(OC)c1OC.Cl.O.O. The first-order valence-corrected chi connectivity index (χ1v) is 8.92. The second-order valence-electron chi connectivity index (χ2n) is 6.52. The number of nitrogens with zero attached hydrogens (tertiary/aromatic N) is 1. The zero-order chi connectivity index (χ0) is 22.0. The van der Waals surface area contributed by atoms with Gasteiger partial charge < -0.3 is 30.9 Å². The van der Waals surface area contributed by atoms with Gasteiger partial charge in [-0.3, -0.25) is 24.9 Å². The van der Waals surface area contributed by atoms with Crippen LogP contribution in [-0.4, -0.2) is 48.7 Å². The number of carbonyl (C=O) groups is 1. The molecule has 33 heavy (non-hydrogen) atoms. The van der Waals surface area contributed by atoms with Crippen LogP contribution in [0.4, 0.5) is 0 Å². The van der Waals surface area contributed by atoms with Crippen LogP contribution in [0.2, 0.25) is 0 Å². The number of pyridine rings is 1. The highest BCUT2D eigenvalue weighted by molar-refractivity contribution is 6.12. The smallest absolute Gasteiger partial charge is 0.263 e. The summed E-state index contributed by atoms with van der Waals surface area (Å²) in [5, 5.41) is 10.4. The molecule has 0 spiro atoms. The molecule has 0 aliphatic carbocycles. The van der Waals surface area contributed by atoms with Gasteiger partial charge in [0, 0.05) is 29.1 Å². The number of aromatic nitrogens is 1. The van der Waals surface area contributed by atoms with Crippen molar-refractivity contribution in [2.24, 2.45) is 5.73 Å². The Kier molecular flexibility index (Phi) is 10.4. The van der Waals surface area contributed by atoms with Gasteiger partial charge in [-0.15, -0.1) is 12.4 Å². The first-order valence-electron chi connectivity index (χ1n) is 8.92. The van der Waals surface area contributed by atoms with Crippen molar-refractivity contribution in [3.63, 3.8) is 0 Å². The molecule has 0 fully saturated rings. The number of aryl methyl sites for hydroxylation is 1. The number of hydrogen-bond acceptors (Lipinski definition) is 6. The summed E-state index contributed by atoms with van der Waals surface area (Å²) in [7, 11) is 4.42. The average Bonchev–Trinajstić information content (AvgIpc) is 2.72. The van der Waals surface area contributed by atoms with Gasteiger partial charge in [-0.2, -0.15) is 0 Å². The molecule has 0 aliphatic rings. The molecule has 1 heterocycles. The molecule has 0 radical (unpaired) electrons. The van der Waals surface area contributed by atoms with E-state index in [1.54, 1.807) is 30.3 Å². The molecule has 0 atom stereocenters. The minimum Gasteiger partial charge on any atom is -0.493 e. The Morgan fingerprint density at radius 2 is 1.58 bits per heavy atom. The van der Waals surface area contributed by atoms with Gasteiger partial charge in [0.15, 0.2) is 17.5 Å². The van der Waals surface area contributed by atoms with Gasteiger partial charge >= 0.3 is 0 Å². The fourth-order valence-electron chi connectivity index (χ4n) is 3.22. The van der Waals surface area contributed by atoms with Crippen LogP contribution in [0.25, 0.3) is 16.5 Å². The Hall–Kier alpha value is -3.80. The minimum atomic E-state index is -0.598. The number of rotatable bonds is 5. The summed E-state index contributed by atoms with van der Waals surface area (Å²) < 4.78 is 17.4. The number of ether oxygens (including phenoxy) is 3. The number of methoxy groups -OCH3 is 3. The fourth-order valence-corrected chi connectivity index (χ4v) is 3.22. The molecule has 0 bridgehead atoms. The van der Waals surface area contributed by atoms with Crippen molar-refractivity contribution in [3.05, 3.63) is 58.0 Å². The van der Waals surface area contributed by atoms with E-state index in [-0.39, 0.29) is 34.5 Å². The van der Waals surface area contributed by atoms with E-state index in [0.29, 0.717) is 33.7 Å². The molecule has 1 amide bonds. The van der Waals surface area contributed by atoms with Gasteiger partial charge in [0.05, 0.1) is 32.6 Å². The van der Waals surface area contributed by atoms with E-state index in [9.17, 15) is 9.59 Å². The van der Waals surface area contributed by atoms with Gasteiger partial charge in [-0.05, 0) is 13.0 Å². The lowest BCUT2D eigenvalue weighted by Gasteiger charge is -2.17. The molecule has 0 saturated carbocycles. The summed E-state index contributed by atoms with van der Waals surface area (Å²) in [4.78, 5) is 25.9.